The van der Waals surface area contributed by atoms with Crippen LogP contribution < -0.4 is 5.32 Å². The highest BCUT2D eigenvalue weighted by Gasteiger charge is 2.27. The van der Waals surface area contributed by atoms with Crippen molar-refractivity contribution in [1.82, 2.24) is 5.32 Å². The molecule has 0 aromatic carbocycles. The van der Waals surface area contributed by atoms with Crippen LogP contribution in [0.1, 0.15) is 59.3 Å². The van der Waals surface area contributed by atoms with E-state index in [0.29, 0.717) is 17.5 Å². The maximum atomic E-state index is 5.52. The summed E-state index contributed by atoms with van der Waals surface area (Å²) in [6, 6.07) is 0.951. The Kier molecular flexibility index (Phi) is 4.67. The van der Waals surface area contributed by atoms with E-state index in [1.165, 1.54) is 32.1 Å². The molecule has 0 bridgehead atoms. The van der Waals surface area contributed by atoms with Gasteiger partial charge in [0.05, 0.1) is 6.04 Å². The first-order chi connectivity index (χ1) is 7.07. The van der Waals surface area contributed by atoms with Crippen LogP contribution in [0.5, 0.6) is 0 Å². The molecule has 1 aliphatic rings. The van der Waals surface area contributed by atoms with E-state index in [4.69, 9.17) is 6.42 Å². The summed E-state index contributed by atoms with van der Waals surface area (Å²) in [6.07, 6.45) is 13.0. The van der Waals surface area contributed by atoms with Crippen LogP contribution in [0.25, 0.3) is 0 Å². The number of hydrogen-bond donors (Lipinski definition) is 1. The third-order valence-corrected chi connectivity index (χ3v) is 3.55. The summed E-state index contributed by atoms with van der Waals surface area (Å²) in [7, 11) is 0. The van der Waals surface area contributed by atoms with Crippen molar-refractivity contribution in [3.63, 3.8) is 0 Å². The van der Waals surface area contributed by atoms with E-state index in [-0.39, 0.29) is 0 Å². The Morgan fingerprint density at radius 2 is 2.00 bits per heavy atom. The van der Waals surface area contributed by atoms with Crippen molar-refractivity contribution in [2.45, 2.75) is 71.4 Å². The first-order valence-electron chi connectivity index (χ1n) is 6.29. The van der Waals surface area contributed by atoms with Crippen LogP contribution in [-0.2, 0) is 0 Å². The molecule has 1 rings (SSSR count). The lowest BCUT2D eigenvalue weighted by Gasteiger charge is -2.35. The highest BCUT2D eigenvalue weighted by molar-refractivity contribution is 5.00. The molecular formula is C14H25N. The van der Waals surface area contributed by atoms with Crippen molar-refractivity contribution >= 4 is 0 Å². The zero-order valence-corrected chi connectivity index (χ0v) is 10.5. The van der Waals surface area contributed by atoms with E-state index < -0.39 is 0 Å². The van der Waals surface area contributed by atoms with Gasteiger partial charge in [-0.3, -0.25) is 0 Å². The average Bonchev–Trinajstić information content (AvgIpc) is 2.20. The molecule has 1 heteroatoms. The molecule has 0 saturated heterocycles. The minimum atomic E-state index is 0.293. The smallest absolute Gasteiger partial charge is 0.0688 e. The van der Waals surface area contributed by atoms with Gasteiger partial charge >= 0.3 is 0 Å². The molecule has 0 aromatic heterocycles. The van der Waals surface area contributed by atoms with Gasteiger partial charge in [0, 0.05) is 6.04 Å². The van der Waals surface area contributed by atoms with Crippen LogP contribution in [0.15, 0.2) is 0 Å². The van der Waals surface area contributed by atoms with Gasteiger partial charge in [0.25, 0.3) is 0 Å². The third kappa shape index (κ3) is 4.26. The van der Waals surface area contributed by atoms with Crippen molar-refractivity contribution in [1.29, 1.82) is 0 Å². The zero-order chi connectivity index (χ0) is 11.3. The molecule has 1 aliphatic carbocycles. The molecule has 0 radical (unpaired) electrons. The summed E-state index contributed by atoms with van der Waals surface area (Å²) < 4.78 is 0. The maximum Gasteiger partial charge on any atom is 0.0688 e. The first kappa shape index (κ1) is 12.6. The molecule has 1 N–H and O–H groups in total. The Labute approximate surface area is 95.0 Å². The molecule has 0 spiro atoms. The number of rotatable bonds is 4. The molecule has 1 unspecified atom stereocenters. The Balaban J connectivity index is 2.32. The van der Waals surface area contributed by atoms with E-state index in [1.54, 1.807) is 0 Å². The van der Waals surface area contributed by atoms with E-state index in [9.17, 15) is 0 Å². The van der Waals surface area contributed by atoms with Gasteiger partial charge in [-0.25, -0.2) is 0 Å². The Morgan fingerprint density at radius 1 is 1.40 bits per heavy atom. The van der Waals surface area contributed by atoms with Crippen molar-refractivity contribution in [2.75, 3.05) is 0 Å². The lowest BCUT2D eigenvalue weighted by Crippen LogP contribution is -2.41. The van der Waals surface area contributed by atoms with Gasteiger partial charge in [-0.1, -0.05) is 33.1 Å². The van der Waals surface area contributed by atoms with Crippen molar-refractivity contribution in [3.05, 3.63) is 0 Å². The van der Waals surface area contributed by atoms with Crippen LogP contribution in [0.3, 0.4) is 0 Å². The molecule has 15 heavy (non-hydrogen) atoms. The minimum absolute atomic E-state index is 0.293. The molecule has 1 fully saturated rings. The summed E-state index contributed by atoms with van der Waals surface area (Å²) in [5.74, 6) is 2.86. The van der Waals surface area contributed by atoms with Crippen LogP contribution in [-0.4, -0.2) is 12.1 Å². The average molecular weight is 207 g/mol. The second kappa shape index (κ2) is 5.56. The van der Waals surface area contributed by atoms with Gasteiger partial charge in [0.1, 0.15) is 0 Å². The standard InChI is InChI=1S/C14H25N/c1-5-7-12(6-2)15-13-8-10-14(3,4)11-9-13/h2,12-13,15H,5,7-11H2,1,3-4H3. The highest BCUT2D eigenvalue weighted by Crippen LogP contribution is 2.35. The minimum Gasteiger partial charge on any atom is -0.301 e. The number of hydrogen-bond acceptors (Lipinski definition) is 1. The van der Waals surface area contributed by atoms with E-state index >= 15 is 0 Å². The van der Waals surface area contributed by atoms with Crippen molar-refractivity contribution in [2.24, 2.45) is 5.41 Å². The largest absolute Gasteiger partial charge is 0.301 e. The zero-order valence-electron chi connectivity index (χ0n) is 10.5. The monoisotopic (exact) mass is 207 g/mol. The van der Waals surface area contributed by atoms with Crippen LogP contribution >= 0.6 is 0 Å². The molecular weight excluding hydrogens is 182 g/mol. The molecule has 0 amide bonds. The van der Waals surface area contributed by atoms with Gasteiger partial charge < -0.3 is 5.32 Å². The fraction of sp³-hybridized carbons (Fsp3) is 0.857. The maximum absolute atomic E-state index is 5.52. The molecule has 1 saturated carbocycles. The third-order valence-electron chi connectivity index (χ3n) is 3.55. The van der Waals surface area contributed by atoms with E-state index in [1.807, 2.05) is 0 Å². The number of nitrogens with one attached hydrogen (secondary N) is 1. The lowest BCUT2D eigenvalue weighted by atomic mass is 9.75. The van der Waals surface area contributed by atoms with Gasteiger partial charge in [-0.15, -0.1) is 6.42 Å². The Morgan fingerprint density at radius 3 is 2.47 bits per heavy atom. The quantitative estimate of drug-likeness (QED) is 0.697. The summed E-state index contributed by atoms with van der Waals surface area (Å²) in [4.78, 5) is 0. The fourth-order valence-electron chi connectivity index (χ4n) is 2.35. The van der Waals surface area contributed by atoms with Gasteiger partial charge in [0.15, 0.2) is 0 Å². The summed E-state index contributed by atoms with van der Waals surface area (Å²) in [5, 5.41) is 3.61. The predicted octanol–water partition coefficient (Wildman–Crippen LogP) is 3.35. The predicted molar refractivity (Wildman–Crippen MR) is 66.7 cm³/mol. The van der Waals surface area contributed by atoms with Gasteiger partial charge in [-0.05, 0) is 37.5 Å². The number of terminal acetylenes is 1. The molecule has 0 heterocycles. The van der Waals surface area contributed by atoms with Crippen molar-refractivity contribution < 1.29 is 0 Å². The topological polar surface area (TPSA) is 12.0 Å². The fourth-order valence-corrected chi connectivity index (χ4v) is 2.35. The van der Waals surface area contributed by atoms with Crippen LogP contribution in [0.4, 0.5) is 0 Å². The van der Waals surface area contributed by atoms with E-state index in [0.717, 1.165) is 6.42 Å². The molecule has 1 atom stereocenters. The summed E-state index contributed by atoms with van der Waals surface area (Å²) in [6.45, 7) is 6.93. The normalized spacial score (nSPS) is 23.3. The van der Waals surface area contributed by atoms with Crippen LogP contribution in [0.2, 0.25) is 0 Å². The van der Waals surface area contributed by atoms with Crippen LogP contribution in [0, 0.1) is 17.8 Å². The summed E-state index contributed by atoms with van der Waals surface area (Å²) >= 11 is 0. The summed E-state index contributed by atoms with van der Waals surface area (Å²) in [5.41, 5.74) is 0.550. The first-order valence-corrected chi connectivity index (χ1v) is 6.29. The molecule has 0 aromatic rings. The molecule has 1 nitrogen and oxygen atoms in total. The second-order valence-corrected chi connectivity index (χ2v) is 5.61. The van der Waals surface area contributed by atoms with E-state index in [2.05, 4.69) is 32.0 Å². The van der Waals surface area contributed by atoms with Gasteiger partial charge in [-0.2, -0.15) is 0 Å². The Hall–Kier alpha value is -0.480. The molecule has 86 valence electrons. The SMILES string of the molecule is C#CC(CCC)NC1CCC(C)(C)CC1. The molecule has 0 aliphatic heterocycles. The second-order valence-electron chi connectivity index (χ2n) is 5.61. The Bertz CT molecular complexity index is 214. The van der Waals surface area contributed by atoms with Crippen molar-refractivity contribution in [3.8, 4) is 12.3 Å². The lowest BCUT2D eigenvalue weighted by molar-refractivity contribution is 0.202. The highest BCUT2D eigenvalue weighted by atomic mass is 14.9. The van der Waals surface area contributed by atoms with Gasteiger partial charge in [0.2, 0.25) is 0 Å².